The van der Waals surface area contributed by atoms with Gasteiger partial charge in [0, 0.05) is 34.3 Å². The van der Waals surface area contributed by atoms with Crippen LogP contribution in [0.5, 0.6) is 0 Å². The number of halogens is 1. The third-order valence-corrected chi connectivity index (χ3v) is 6.16. The van der Waals surface area contributed by atoms with Crippen molar-refractivity contribution in [3.05, 3.63) is 83.6 Å². The Kier molecular flexibility index (Phi) is 7.27. The summed E-state index contributed by atoms with van der Waals surface area (Å²) in [6.45, 7) is 0. The van der Waals surface area contributed by atoms with Gasteiger partial charge in [-0.05, 0) is 65.7 Å². The standard InChI is InChI=1S/C26H24ClN9O2/c27-17-7-10-23(36-15-30-34-35-36)16(12-17)6-11-25(38)31-20-4-2-1-3-5-24(37)32-21-13-18(28)8-9-19(21)22-14-29-26(20)33-22/h1-2,6-15,20H,3-5,28H2,(H,29,33)(H,31,38)(H,32,37)/b2-1-,11-6+/t20-/m0/s1. The van der Waals surface area contributed by atoms with Crippen molar-refractivity contribution in [3.63, 3.8) is 0 Å². The maximum atomic E-state index is 13.0. The lowest BCUT2D eigenvalue weighted by Crippen LogP contribution is -2.27. The van der Waals surface area contributed by atoms with Crippen LogP contribution in [0.4, 0.5) is 11.4 Å². The molecule has 38 heavy (non-hydrogen) atoms. The van der Waals surface area contributed by atoms with Gasteiger partial charge in [-0.2, -0.15) is 4.68 Å². The number of benzene rings is 2. The van der Waals surface area contributed by atoms with Gasteiger partial charge in [0.1, 0.15) is 12.2 Å². The Labute approximate surface area is 222 Å². The highest BCUT2D eigenvalue weighted by Gasteiger charge is 2.19. The first kappa shape index (κ1) is 24.9. The number of nitrogens with zero attached hydrogens (tertiary/aromatic N) is 5. The first-order chi connectivity index (χ1) is 18.5. The summed E-state index contributed by atoms with van der Waals surface area (Å²) < 4.78 is 1.49. The molecular weight excluding hydrogens is 506 g/mol. The number of imidazole rings is 1. The van der Waals surface area contributed by atoms with Gasteiger partial charge in [-0.25, -0.2) is 4.98 Å². The molecule has 2 bridgehead atoms. The van der Waals surface area contributed by atoms with Crippen LogP contribution in [0, 0.1) is 0 Å². The zero-order valence-electron chi connectivity index (χ0n) is 20.1. The predicted octanol–water partition coefficient (Wildman–Crippen LogP) is 3.84. The summed E-state index contributed by atoms with van der Waals surface area (Å²) in [7, 11) is 0. The molecule has 0 aliphatic carbocycles. The minimum absolute atomic E-state index is 0.113. The average molecular weight is 530 g/mol. The van der Waals surface area contributed by atoms with Gasteiger partial charge in [0.05, 0.1) is 29.3 Å². The normalized spacial score (nSPS) is 16.6. The Morgan fingerprint density at radius 3 is 2.95 bits per heavy atom. The van der Waals surface area contributed by atoms with Crippen LogP contribution in [-0.4, -0.2) is 42.0 Å². The van der Waals surface area contributed by atoms with E-state index in [1.807, 2.05) is 18.2 Å². The predicted molar refractivity (Wildman–Crippen MR) is 144 cm³/mol. The van der Waals surface area contributed by atoms with Crippen molar-refractivity contribution >= 4 is 40.9 Å². The lowest BCUT2D eigenvalue weighted by molar-refractivity contribution is -0.117. The van der Waals surface area contributed by atoms with E-state index in [9.17, 15) is 9.59 Å². The largest absolute Gasteiger partial charge is 0.399 e. The number of nitrogens with one attached hydrogen (secondary N) is 3. The van der Waals surface area contributed by atoms with Gasteiger partial charge in [-0.3, -0.25) is 9.59 Å². The maximum Gasteiger partial charge on any atom is 0.244 e. The molecule has 2 aromatic carbocycles. The molecule has 3 heterocycles. The number of nitrogens with two attached hydrogens (primary N) is 1. The number of H-pyrrole nitrogens is 1. The second-order valence-corrected chi connectivity index (χ2v) is 9.07. The number of hydrogen-bond acceptors (Lipinski definition) is 7. The van der Waals surface area contributed by atoms with E-state index in [0.29, 0.717) is 58.4 Å². The van der Waals surface area contributed by atoms with Crippen molar-refractivity contribution in [2.45, 2.75) is 25.3 Å². The second kappa shape index (κ2) is 11.1. The van der Waals surface area contributed by atoms with Crippen molar-refractivity contribution in [2.75, 3.05) is 11.1 Å². The van der Waals surface area contributed by atoms with Crippen LogP contribution in [0.3, 0.4) is 0 Å². The smallest absolute Gasteiger partial charge is 0.244 e. The number of aromatic amines is 1. The van der Waals surface area contributed by atoms with Crippen LogP contribution in [0.25, 0.3) is 23.0 Å². The number of carbonyl (C=O) groups excluding carboxylic acids is 2. The van der Waals surface area contributed by atoms with E-state index < -0.39 is 6.04 Å². The fourth-order valence-corrected chi connectivity index (χ4v) is 4.27. The highest BCUT2D eigenvalue weighted by atomic mass is 35.5. The molecule has 0 radical (unpaired) electrons. The first-order valence-electron chi connectivity index (χ1n) is 11.9. The molecule has 11 nitrogen and oxygen atoms in total. The van der Waals surface area contributed by atoms with Gasteiger partial charge in [-0.15, -0.1) is 5.10 Å². The van der Waals surface area contributed by atoms with Crippen molar-refractivity contribution in [1.29, 1.82) is 0 Å². The van der Waals surface area contributed by atoms with Crippen LogP contribution >= 0.6 is 11.6 Å². The quantitative estimate of drug-likeness (QED) is 0.178. The molecule has 12 heteroatoms. The Morgan fingerprint density at radius 2 is 2.11 bits per heavy atom. The number of carbonyl (C=O) groups is 2. The lowest BCUT2D eigenvalue weighted by atomic mass is 10.1. The fourth-order valence-electron chi connectivity index (χ4n) is 4.09. The number of amides is 2. The summed E-state index contributed by atoms with van der Waals surface area (Å²) in [6, 6.07) is 10.1. The SMILES string of the molecule is Nc1ccc2c(c1)NC(=O)CC/C=C\C[C@H](NC(=O)/C=C/c1cc(Cl)ccc1-n1cnnn1)c1ncc-2[nH]1. The molecular formula is C26H24ClN9O2. The van der Waals surface area contributed by atoms with Gasteiger partial charge in [0.2, 0.25) is 11.8 Å². The number of aromatic nitrogens is 6. The lowest BCUT2D eigenvalue weighted by Gasteiger charge is -2.14. The average Bonchev–Trinajstić information content (AvgIpc) is 3.59. The number of tetrazole rings is 1. The number of nitrogen functional groups attached to an aromatic ring is 1. The molecule has 192 valence electrons. The number of rotatable bonds is 4. The summed E-state index contributed by atoms with van der Waals surface area (Å²) >= 11 is 6.18. The fraction of sp³-hybridized carbons (Fsp3) is 0.154. The van der Waals surface area contributed by atoms with Gasteiger partial charge < -0.3 is 21.4 Å². The molecule has 1 atom stereocenters. The number of hydrogen-bond donors (Lipinski definition) is 4. The van der Waals surface area contributed by atoms with E-state index in [2.05, 4.69) is 36.1 Å². The Morgan fingerprint density at radius 1 is 1.21 bits per heavy atom. The van der Waals surface area contributed by atoms with Crippen molar-refractivity contribution in [2.24, 2.45) is 0 Å². The molecule has 0 spiro atoms. The summed E-state index contributed by atoms with van der Waals surface area (Å²) in [5, 5.41) is 17.7. The summed E-state index contributed by atoms with van der Waals surface area (Å²) in [4.78, 5) is 33.2. The van der Waals surface area contributed by atoms with E-state index in [1.54, 1.807) is 42.6 Å². The van der Waals surface area contributed by atoms with Crippen LogP contribution in [0.2, 0.25) is 5.02 Å². The third-order valence-electron chi connectivity index (χ3n) is 5.93. The van der Waals surface area contributed by atoms with E-state index in [0.717, 1.165) is 5.56 Å². The third kappa shape index (κ3) is 5.79. The molecule has 2 aromatic heterocycles. The minimum Gasteiger partial charge on any atom is -0.399 e. The Bertz CT molecular complexity index is 1530. The molecule has 1 aliphatic heterocycles. The maximum absolute atomic E-state index is 13.0. The topological polar surface area (TPSA) is 156 Å². The summed E-state index contributed by atoms with van der Waals surface area (Å²) in [6.07, 6.45) is 11.4. The molecule has 0 saturated carbocycles. The highest BCUT2D eigenvalue weighted by molar-refractivity contribution is 6.30. The molecule has 5 N–H and O–H groups in total. The summed E-state index contributed by atoms with van der Waals surface area (Å²) in [5.41, 5.74) is 9.87. The second-order valence-electron chi connectivity index (χ2n) is 8.63. The van der Waals surface area contributed by atoms with E-state index in [1.165, 1.54) is 17.1 Å². The van der Waals surface area contributed by atoms with Gasteiger partial charge in [-0.1, -0.05) is 23.8 Å². The van der Waals surface area contributed by atoms with Crippen LogP contribution in [0.1, 0.15) is 36.7 Å². The zero-order chi connectivity index (χ0) is 26.5. The van der Waals surface area contributed by atoms with Crippen LogP contribution < -0.4 is 16.4 Å². The summed E-state index contributed by atoms with van der Waals surface area (Å²) in [5.74, 6) is 0.146. The van der Waals surface area contributed by atoms with Crippen LogP contribution in [-0.2, 0) is 9.59 Å². The molecule has 1 aliphatic rings. The van der Waals surface area contributed by atoms with Gasteiger partial charge >= 0.3 is 0 Å². The van der Waals surface area contributed by atoms with E-state index >= 15 is 0 Å². The minimum atomic E-state index is -0.433. The highest BCUT2D eigenvalue weighted by Crippen LogP contribution is 2.30. The Balaban J connectivity index is 1.40. The molecule has 0 saturated heterocycles. The van der Waals surface area contributed by atoms with E-state index in [-0.39, 0.29) is 11.8 Å². The van der Waals surface area contributed by atoms with Gasteiger partial charge in [0.25, 0.3) is 0 Å². The molecule has 2 amide bonds. The van der Waals surface area contributed by atoms with Crippen molar-refractivity contribution in [3.8, 4) is 16.9 Å². The monoisotopic (exact) mass is 529 g/mol. The van der Waals surface area contributed by atoms with E-state index in [4.69, 9.17) is 17.3 Å². The number of anilines is 2. The first-order valence-corrected chi connectivity index (χ1v) is 12.3. The molecule has 4 aromatic rings. The van der Waals surface area contributed by atoms with Crippen molar-refractivity contribution in [1.82, 2.24) is 35.5 Å². The molecule has 5 rings (SSSR count). The van der Waals surface area contributed by atoms with Crippen molar-refractivity contribution < 1.29 is 9.59 Å². The van der Waals surface area contributed by atoms with Crippen LogP contribution in [0.15, 0.2) is 67.2 Å². The van der Waals surface area contributed by atoms with Gasteiger partial charge in [0.15, 0.2) is 0 Å². The molecule has 0 fully saturated rings. The molecule has 0 unspecified atom stereocenters. The Hall–Kier alpha value is -4.77. The number of fused-ring (bicyclic) bond motifs is 4. The number of allylic oxidation sites excluding steroid dienone is 1. The zero-order valence-corrected chi connectivity index (χ0v) is 20.9.